The lowest BCUT2D eigenvalue weighted by Gasteiger charge is -2.11. The standard InChI is InChI=1S/C5H11N3O2/c1-2(4(7)9)3(6)5(8)10/h2-3H,6H2,1H3,(H2,7,9)(H2,8,10). The summed E-state index contributed by atoms with van der Waals surface area (Å²) < 4.78 is 0. The molecule has 0 aromatic rings. The highest BCUT2D eigenvalue weighted by molar-refractivity contribution is 5.87. The van der Waals surface area contributed by atoms with Crippen molar-refractivity contribution in [2.75, 3.05) is 0 Å². The topological polar surface area (TPSA) is 112 Å². The number of hydrogen-bond donors (Lipinski definition) is 3. The maximum Gasteiger partial charge on any atom is 0.235 e. The normalized spacial score (nSPS) is 15.8. The zero-order chi connectivity index (χ0) is 8.31. The minimum atomic E-state index is -0.975. The van der Waals surface area contributed by atoms with E-state index in [-0.39, 0.29) is 0 Å². The highest BCUT2D eigenvalue weighted by Crippen LogP contribution is 1.97. The van der Waals surface area contributed by atoms with Gasteiger partial charge in [0.05, 0.1) is 12.0 Å². The SMILES string of the molecule is CC(C(N)=O)C(N)C(N)=O. The third kappa shape index (κ3) is 2.02. The molecule has 0 aliphatic carbocycles. The summed E-state index contributed by atoms with van der Waals surface area (Å²) in [6, 6.07) is -0.975. The molecule has 0 spiro atoms. The second-order valence-electron chi connectivity index (χ2n) is 2.12. The minimum absolute atomic E-state index is 0.619. The monoisotopic (exact) mass is 145 g/mol. The first-order valence-corrected chi connectivity index (χ1v) is 2.81. The van der Waals surface area contributed by atoms with Crippen LogP contribution in [0, 0.1) is 5.92 Å². The smallest absolute Gasteiger partial charge is 0.235 e. The average Bonchev–Trinajstić information content (AvgIpc) is 1.84. The highest BCUT2D eigenvalue weighted by atomic mass is 16.2. The predicted molar refractivity (Wildman–Crippen MR) is 35.5 cm³/mol. The fraction of sp³-hybridized carbons (Fsp3) is 0.600. The van der Waals surface area contributed by atoms with E-state index >= 15 is 0 Å². The van der Waals surface area contributed by atoms with E-state index in [9.17, 15) is 9.59 Å². The summed E-state index contributed by atoms with van der Waals surface area (Å²) in [6.07, 6.45) is 0. The van der Waals surface area contributed by atoms with Crippen molar-refractivity contribution in [3.8, 4) is 0 Å². The lowest BCUT2D eigenvalue weighted by molar-refractivity contribution is -0.127. The zero-order valence-electron chi connectivity index (χ0n) is 5.70. The Balaban J connectivity index is 4.07. The fourth-order valence-electron chi connectivity index (χ4n) is 0.423. The molecule has 0 radical (unpaired) electrons. The number of carbonyl (C=O) groups is 2. The Morgan fingerprint density at radius 2 is 1.60 bits per heavy atom. The summed E-state index contributed by atoms with van der Waals surface area (Å²) in [4.78, 5) is 20.7. The summed E-state index contributed by atoms with van der Waals surface area (Å²) >= 11 is 0. The van der Waals surface area contributed by atoms with Gasteiger partial charge in [0, 0.05) is 0 Å². The molecule has 58 valence electrons. The number of amides is 2. The molecule has 6 N–H and O–H groups in total. The van der Waals surface area contributed by atoms with Crippen LogP contribution in [0.2, 0.25) is 0 Å². The van der Waals surface area contributed by atoms with E-state index < -0.39 is 23.8 Å². The van der Waals surface area contributed by atoms with E-state index in [0.29, 0.717) is 0 Å². The van der Waals surface area contributed by atoms with E-state index in [2.05, 4.69) is 0 Å². The molecule has 5 nitrogen and oxygen atoms in total. The van der Waals surface area contributed by atoms with Gasteiger partial charge >= 0.3 is 0 Å². The zero-order valence-corrected chi connectivity index (χ0v) is 5.70. The van der Waals surface area contributed by atoms with E-state index in [1.807, 2.05) is 0 Å². The van der Waals surface area contributed by atoms with Gasteiger partial charge in [0.1, 0.15) is 0 Å². The molecule has 0 fully saturated rings. The Kier molecular flexibility index (Phi) is 2.82. The Bertz CT molecular complexity index is 139. The Hall–Kier alpha value is -1.10. The third-order valence-corrected chi connectivity index (χ3v) is 1.32. The van der Waals surface area contributed by atoms with Gasteiger partial charge < -0.3 is 17.2 Å². The summed E-state index contributed by atoms with van der Waals surface area (Å²) in [7, 11) is 0. The second kappa shape index (κ2) is 3.17. The Labute approximate surface area is 58.5 Å². The second-order valence-corrected chi connectivity index (χ2v) is 2.12. The lowest BCUT2D eigenvalue weighted by Crippen LogP contribution is -2.46. The number of primary amides is 2. The van der Waals surface area contributed by atoms with Crippen molar-refractivity contribution in [2.45, 2.75) is 13.0 Å². The van der Waals surface area contributed by atoms with Crippen LogP contribution in [0.3, 0.4) is 0 Å². The van der Waals surface area contributed by atoms with Gasteiger partial charge in [-0.1, -0.05) is 6.92 Å². The van der Waals surface area contributed by atoms with Crippen molar-refractivity contribution < 1.29 is 9.59 Å². The van der Waals surface area contributed by atoms with Crippen LogP contribution >= 0.6 is 0 Å². The van der Waals surface area contributed by atoms with E-state index in [1.165, 1.54) is 6.92 Å². The molecule has 0 aromatic carbocycles. The van der Waals surface area contributed by atoms with Gasteiger partial charge in [-0.25, -0.2) is 0 Å². The Morgan fingerprint density at radius 1 is 1.20 bits per heavy atom. The van der Waals surface area contributed by atoms with Crippen LogP contribution in [0.1, 0.15) is 6.92 Å². The van der Waals surface area contributed by atoms with Crippen molar-refractivity contribution >= 4 is 11.8 Å². The van der Waals surface area contributed by atoms with Gasteiger partial charge in [0.25, 0.3) is 0 Å². The number of nitrogens with two attached hydrogens (primary N) is 3. The van der Waals surface area contributed by atoms with E-state index in [0.717, 1.165) is 0 Å². The first kappa shape index (κ1) is 8.90. The van der Waals surface area contributed by atoms with Crippen molar-refractivity contribution in [1.29, 1.82) is 0 Å². The van der Waals surface area contributed by atoms with Gasteiger partial charge in [-0.2, -0.15) is 0 Å². The molecular weight excluding hydrogens is 134 g/mol. The van der Waals surface area contributed by atoms with Gasteiger partial charge in [-0.15, -0.1) is 0 Å². The van der Waals surface area contributed by atoms with Crippen LogP contribution < -0.4 is 17.2 Å². The van der Waals surface area contributed by atoms with Crippen LogP contribution in [0.25, 0.3) is 0 Å². The largest absolute Gasteiger partial charge is 0.369 e. The fourth-order valence-corrected chi connectivity index (χ4v) is 0.423. The average molecular weight is 145 g/mol. The molecular formula is C5H11N3O2. The molecule has 0 saturated carbocycles. The molecule has 5 heteroatoms. The van der Waals surface area contributed by atoms with E-state index in [1.54, 1.807) is 0 Å². The molecule has 2 atom stereocenters. The third-order valence-electron chi connectivity index (χ3n) is 1.32. The number of rotatable bonds is 3. The van der Waals surface area contributed by atoms with E-state index in [4.69, 9.17) is 17.2 Å². The van der Waals surface area contributed by atoms with Crippen molar-refractivity contribution in [3.05, 3.63) is 0 Å². The van der Waals surface area contributed by atoms with Crippen molar-refractivity contribution in [1.82, 2.24) is 0 Å². The molecule has 0 aliphatic heterocycles. The van der Waals surface area contributed by atoms with Gasteiger partial charge in [-0.05, 0) is 0 Å². The molecule has 2 unspecified atom stereocenters. The molecule has 0 aliphatic rings. The molecule has 0 heterocycles. The minimum Gasteiger partial charge on any atom is -0.369 e. The van der Waals surface area contributed by atoms with Crippen LogP contribution in [0.5, 0.6) is 0 Å². The van der Waals surface area contributed by atoms with Crippen molar-refractivity contribution in [3.63, 3.8) is 0 Å². The molecule has 10 heavy (non-hydrogen) atoms. The van der Waals surface area contributed by atoms with Crippen LogP contribution in [0.15, 0.2) is 0 Å². The lowest BCUT2D eigenvalue weighted by atomic mass is 10.0. The van der Waals surface area contributed by atoms with Crippen LogP contribution in [-0.2, 0) is 9.59 Å². The van der Waals surface area contributed by atoms with Gasteiger partial charge in [0.2, 0.25) is 11.8 Å². The summed E-state index contributed by atoms with van der Waals surface area (Å²) in [5.74, 6) is -2.03. The molecule has 0 rings (SSSR count). The first-order valence-electron chi connectivity index (χ1n) is 2.81. The predicted octanol–water partition coefficient (Wildman–Crippen LogP) is -2.08. The van der Waals surface area contributed by atoms with Crippen molar-refractivity contribution in [2.24, 2.45) is 23.1 Å². The number of hydrogen-bond acceptors (Lipinski definition) is 3. The van der Waals surface area contributed by atoms with Gasteiger partial charge in [0.15, 0.2) is 0 Å². The highest BCUT2D eigenvalue weighted by Gasteiger charge is 2.22. The maximum atomic E-state index is 10.4. The molecule has 0 aromatic heterocycles. The summed E-state index contributed by atoms with van der Waals surface area (Å²) in [6.45, 7) is 1.46. The first-order chi connectivity index (χ1) is 4.46. The number of carbonyl (C=O) groups excluding carboxylic acids is 2. The molecule has 2 amide bonds. The van der Waals surface area contributed by atoms with Crippen LogP contribution in [-0.4, -0.2) is 17.9 Å². The maximum absolute atomic E-state index is 10.4. The summed E-state index contributed by atoms with van der Waals surface area (Å²) in [5.41, 5.74) is 14.8. The molecule has 0 saturated heterocycles. The van der Waals surface area contributed by atoms with Gasteiger partial charge in [-0.3, -0.25) is 9.59 Å². The summed E-state index contributed by atoms with van der Waals surface area (Å²) in [5, 5.41) is 0. The Morgan fingerprint density at radius 3 is 1.70 bits per heavy atom. The quantitative estimate of drug-likeness (QED) is 0.423. The van der Waals surface area contributed by atoms with Crippen LogP contribution in [0.4, 0.5) is 0 Å². The molecule has 0 bridgehead atoms.